The topological polar surface area (TPSA) is 108 Å². The highest BCUT2D eigenvalue weighted by atomic mass is 32.2. The lowest BCUT2D eigenvalue weighted by molar-refractivity contribution is 0.0932. The van der Waals surface area contributed by atoms with Gasteiger partial charge in [0.1, 0.15) is 34.3 Å². The first kappa shape index (κ1) is 22.0. The van der Waals surface area contributed by atoms with Crippen molar-refractivity contribution in [2.45, 2.75) is 17.9 Å². The van der Waals surface area contributed by atoms with Crippen molar-refractivity contribution in [1.29, 1.82) is 0 Å². The Bertz CT molecular complexity index is 1260. The van der Waals surface area contributed by atoms with Crippen LogP contribution in [0.1, 0.15) is 22.3 Å². The molecule has 4 rings (SSSR count). The third kappa shape index (κ3) is 3.98. The number of rotatable bonds is 7. The quantitative estimate of drug-likeness (QED) is 0.509. The van der Waals surface area contributed by atoms with Gasteiger partial charge in [-0.15, -0.1) is 0 Å². The number of methoxy groups -OCH3 is 2. The fourth-order valence-corrected chi connectivity index (χ4v) is 5.44. The predicted molar refractivity (Wildman–Crippen MR) is 114 cm³/mol. The zero-order valence-electron chi connectivity index (χ0n) is 17.1. The van der Waals surface area contributed by atoms with Crippen LogP contribution in [0.2, 0.25) is 0 Å². The second-order valence-corrected chi connectivity index (χ2v) is 9.30. The Balaban J connectivity index is 1.80. The van der Waals surface area contributed by atoms with E-state index in [9.17, 15) is 17.6 Å². The summed E-state index contributed by atoms with van der Waals surface area (Å²) in [6.07, 6.45) is 1.31. The number of anilines is 1. The van der Waals surface area contributed by atoms with Gasteiger partial charge >= 0.3 is 0 Å². The van der Waals surface area contributed by atoms with Crippen molar-refractivity contribution >= 4 is 32.5 Å². The summed E-state index contributed by atoms with van der Waals surface area (Å²) in [4.78, 5) is 15.4. The fourth-order valence-electron chi connectivity index (χ4n) is 3.25. The molecule has 0 fully saturated rings. The smallest absolute Gasteiger partial charge is 0.269 e. The molecule has 2 aromatic carbocycles. The normalized spacial score (nSPS) is 13.3. The van der Waals surface area contributed by atoms with Crippen LogP contribution in [0.5, 0.6) is 17.2 Å². The first-order valence-corrected chi connectivity index (χ1v) is 11.6. The molecule has 0 radical (unpaired) electrons. The monoisotopic (exact) mass is 479 g/mol. The standard InChI is InChI=1S/C20H18FN3O6S2/c1-28-13-4-3-12(17(7-13)29-2)10-24(20-22-11-23-31-20)32(26,27)19-9-18-14(8-15(19)21)16(25)5-6-30-18/h3-4,7-9,11H,5-6,10H2,1-2H3. The number of hydrogen-bond acceptors (Lipinski definition) is 9. The van der Waals surface area contributed by atoms with Crippen molar-refractivity contribution in [3.05, 3.63) is 53.6 Å². The Hall–Kier alpha value is -3.25. The lowest BCUT2D eigenvalue weighted by atomic mass is 10.1. The van der Waals surface area contributed by atoms with Gasteiger partial charge in [0.15, 0.2) is 5.78 Å². The largest absolute Gasteiger partial charge is 0.497 e. The minimum absolute atomic E-state index is 0.0204. The molecule has 0 N–H and O–H groups in total. The van der Waals surface area contributed by atoms with Gasteiger partial charge in [-0.25, -0.2) is 22.1 Å². The number of carbonyl (C=O) groups is 1. The molecule has 1 aliphatic heterocycles. The van der Waals surface area contributed by atoms with E-state index in [0.29, 0.717) is 17.1 Å². The van der Waals surface area contributed by atoms with Crippen LogP contribution in [0.3, 0.4) is 0 Å². The van der Waals surface area contributed by atoms with Crippen LogP contribution in [-0.2, 0) is 16.6 Å². The van der Waals surface area contributed by atoms with E-state index in [2.05, 4.69) is 9.36 Å². The van der Waals surface area contributed by atoms with Crippen LogP contribution in [-0.4, -0.2) is 44.4 Å². The number of fused-ring (bicyclic) bond motifs is 1. The Morgan fingerprint density at radius 2 is 2.03 bits per heavy atom. The summed E-state index contributed by atoms with van der Waals surface area (Å²) >= 11 is 0.840. The van der Waals surface area contributed by atoms with E-state index in [4.69, 9.17) is 14.2 Å². The summed E-state index contributed by atoms with van der Waals surface area (Å²) in [5.74, 6) is -0.426. The van der Waals surface area contributed by atoms with Gasteiger partial charge in [-0.3, -0.25) is 4.79 Å². The third-order valence-corrected chi connectivity index (χ3v) is 7.42. The lowest BCUT2D eigenvalue weighted by Crippen LogP contribution is -2.31. The number of benzene rings is 2. The van der Waals surface area contributed by atoms with Crippen LogP contribution in [0.4, 0.5) is 9.52 Å². The van der Waals surface area contributed by atoms with E-state index >= 15 is 0 Å². The summed E-state index contributed by atoms with van der Waals surface area (Å²) in [6.45, 7) is -0.110. The second kappa shape index (κ2) is 8.71. The van der Waals surface area contributed by atoms with Gasteiger partial charge in [0.05, 0.1) is 32.9 Å². The summed E-state index contributed by atoms with van der Waals surface area (Å²) in [6, 6.07) is 6.85. The van der Waals surface area contributed by atoms with Crippen LogP contribution in [0, 0.1) is 5.82 Å². The number of nitrogens with zero attached hydrogens (tertiary/aromatic N) is 3. The molecule has 32 heavy (non-hydrogen) atoms. The van der Waals surface area contributed by atoms with Gasteiger partial charge in [0.25, 0.3) is 10.0 Å². The Labute approximate surface area is 187 Å². The molecule has 9 nitrogen and oxygen atoms in total. The van der Waals surface area contributed by atoms with Gasteiger partial charge in [0, 0.05) is 35.6 Å². The summed E-state index contributed by atoms with van der Waals surface area (Å²) in [7, 11) is -1.51. The Kier molecular flexibility index (Phi) is 5.98. The summed E-state index contributed by atoms with van der Waals surface area (Å²) in [5, 5.41) is 0.0389. The maximum Gasteiger partial charge on any atom is 0.269 e. The van der Waals surface area contributed by atoms with Crippen LogP contribution in [0.25, 0.3) is 0 Å². The molecule has 0 spiro atoms. The zero-order valence-corrected chi connectivity index (χ0v) is 18.7. The molecule has 0 unspecified atom stereocenters. The zero-order chi connectivity index (χ0) is 22.9. The number of carbonyl (C=O) groups excluding carboxylic acids is 1. The Morgan fingerprint density at radius 1 is 1.22 bits per heavy atom. The number of ketones is 1. The van der Waals surface area contributed by atoms with Gasteiger partial charge in [-0.2, -0.15) is 4.37 Å². The molecule has 0 atom stereocenters. The predicted octanol–water partition coefficient (Wildman–Crippen LogP) is 3.06. The van der Waals surface area contributed by atoms with Crippen molar-refractivity contribution in [3.63, 3.8) is 0 Å². The summed E-state index contributed by atoms with van der Waals surface area (Å²) in [5.41, 5.74) is 0.517. The molecule has 0 saturated carbocycles. The number of hydrogen-bond donors (Lipinski definition) is 0. The van der Waals surface area contributed by atoms with Crippen LogP contribution in [0.15, 0.2) is 41.6 Å². The van der Waals surface area contributed by atoms with Crippen LogP contribution >= 0.6 is 11.5 Å². The number of aromatic nitrogens is 2. The fraction of sp³-hybridized carbons (Fsp3) is 0.250. The number of halogens is 1. The second-order valence-electron chi connectivity index (χ2n) is 6.71. The molecule has 12 heteroatoms. The number of Topliss-reactive ketones (excluding diaryl/α,β-unsaturated/α-hetero) is 1. The van der Waals surface area contributed by atoms with Crippen molar-refractivity contribution in [3.8, 4) is 17.2 Å². The van der Waals surface area contributed by atoms with Crippen molar-refractivity contribution in [2.24, 2.45) is 0 Å². The van der Waals surface area contributed by atoms with Gasteiger partial charge in [-0.05, 0) is 18.2 Å². The average Bonchev–Trinajstić information content (AvgIpc) is 3.31. The van der Waals surface area contributed by atoms with E-state index < -0.39 is 20.7 Å². The molecular weight excluding hydrogens is 461 g/mol. The molecule has 0 aliphatic carbocycles. The van der Waals surface area contributed by atoms with E-state index in [-0.39, 0.29) is 41.8 Å². The maximum atomic E-state index is 14.9. The third-order valence-electron chi connectivity index (χ3n) is 4.86. The first-order chi connectivity index (χ1) is 15.3. The molecule has 0 amide bonds. The van der Waals surface area contributed by atoms with E-state index in [1.54, 1.807) is 18.2 Å². The molecule has 1 aromatic heterocycles. The van der Waals surface area contributed by atoms with E-state index in [1.165, 1.54) is 20.5 Å². The maximum absolute atomic E-state index is 14.9. The van der Waals surface area contributed by atoms with Crippen molar-refractivity contribution < 1.29 is 31.8 Å². The summed E-state index contributed by atoms with van der Waals surface area (Å²) < 4.78 is 62.8. The minimum atomic E-state index is -4.46. The molecular formula is C20H18FN3O6S2. The van der Waals surface area contributed by atoms with Crippen molar-refractivity contribution in [2.75, 3.05) is 25.1 Å². The van der Waals surface area contributed by atoms with E-state index in [1.807, 2.05) is 0 Å². The number of ether oxygens (including phenoxy) is 3. The van der Waals surface area contributed by atoms with Gasteiger partial charge in [-0.1, -0.05) is 0 Å². The van der Waals surface area contributed by atoms with Crippen molar-refractivity contribution in [1.82, 2.24) is 9.36 Å². The molecule has 1 aliphatic rings. The average molecular weight is 480 g/mol. The molecule has 2 heterocycles. The Morgan fingerprint density at radius 3 is 2.72 bits per heavy atom. The van der Waals surface area contributed by atoms with E-state index in [0.717, 1.165) is 28.0 Å². The highest BCUT2D eigenvalue weighted by Crippen LogP contribution is 2.35. The molecule has 0 saturated heterocycles. The molecule has 168 valence electrons. The SMILES string of the molecule is COc1ccc(CN(c2ncns2)S(=O)(=O)c2cc3c(cc2F)C(=O)CCO3)c(OC)c1. The molecule has 3 aromatic rings. The molecule has 0 bridgehead atoms. The highest BCUT2D eigenvalue weighted by molar-refractivity contribution is 7.93. The number of sulfonamides is 1. The van der Waals surface area contributed by atoms with Gasteiger partial charge < -0.3 is 14.2 Å². The van der Waals surface area contributed by atoms with Gasteiger partial charge in [0.2, 0.25) is 5.13 Å². The minimum Gasteiger partial charge on any atom is -0.497 e. The highest BCUT2D eigenvalue weighted by Gasteiger charge is 2.33. The lowest BCUT2D eigenvalue weighted by Gasteiger charge is -2.24. The van der Waals surface area contributed by atoms with Crippen LogP contribution < -0.4 is 18.5 Å². The first-order valence-electron chi connectivity index (χ1n) is 9.35.